The van der Waals surface area contributed by atoms with Gasteiger partial charge in [0, 0.05) is 24.1 Å². The maximum absolute atomic E-state index is 13.6. The minimum atomic E-state index is -0.310. The standard InChI is InChI=1S/C16H18BrFN2O2/c1-10(8-22-12-4-5-21-9-12)19-16-3-2-11-6-13(17)14(18)7-15(11)20-16/h2-3,6-7,10,12H,4-5,8-9H2,1H3,(H,19,20). The highest BCUT2D eigenvalue weighted by Crippen LogP contribution is 2.23. The quantitative estimate of drug-likeness (QED) is 0.872. The van der Waals surface area contributed by atoms with Crippen molar-refractivity contribution in [2.45, 2.75) is 25.5 Å². The Morgan fingerprint density at radius 1 is 1.50 bits per heavy atom. The van der Waals surface area contributed by atoms with Crippen LogP contribution in [0.2, 0.25) is 0 Å². The fourth-order valence-corrected chi connectivity index (χ4v) is 2.78. The van der Waals surface area contributed by atoms with Crippen LogP contribution in [-0.2, 0) is 9.47 Å². The molecule has 22 heavy (non-hydrogen) atoms. The number of anilines is 1. The van der Waals surface area contributed by atoms with Crippen molar-refractivity contribution >= 4 is 32.7 Å². The molecule has 1 aromatic heterocycles. The van der Waals surface area contributed by atoms with Crippen molar-refractivity contribution in [2.24, 2.45) is 0 Å². The number of ether oxygens (including phenoxy) is 2. The first kappa shape index (κ1) is 15.6. The Hall–Kier alpha value is -1.24. The van der Waals surface area contributed by atoms with Crippen molar-refractivity contribution in [3.8, 4) is 0 Å². The minimum Gasteiger partial charge on any atom is -0.379 e. The lowest BCUT2D eigenvalue weighted by Gasteiger charge is -2.17. The average molecular weight is 369 g/mol. The zero-order valence-corrected chi connectivity index (χ0v) is 13.9. The molecule has 2 atom stereocenters. The Balaban J connectivity index is 1.63. The van der Waals surface area contributed by atoms with Gasteiger partial charge in [-0.3, -0.25) is 0 Å². The van der Waals surface area contributed by atoms with E-state index in [-0.39, 0.29) is 18.0 Å². The molecule has 0 aliphatic carbocycles. The molecule has 2 aromatic rings. The highest BCUT2D eigenvalue weighted by molar-refractivity contribution is 9.10. The second kappa shape index (κ2) is 6.89. The lowest BCUT2D eigenvalue weighted by molar-refractivity contribution is 0.0395. The molecule has 1 fully saturated rings. The lowest BCUT2D eigenvalue weighted by atomic mass is 10.2. The SMILES string of the molecule is CC(COC1CCOC1)Nc1ccc2cc(Br)c(F)cc2n1. The van der Waals surface area contributed by atoms with Crippen molar-refractivity contribution in [1.82, 2.24) is 4.98 Å². The Labute approximate surface area is 137 Å². The van der Waals surface area contributed by atoms with Gasteiger partial charge in [0.2, 0.25) is 0 Å². The summed E-state index contributed by atoms with van der Waals surface area (Å²) in [7, 11) is 0. The second-order valence-electron chi connectivity index (χ2n) is 5.52. The summed E-state index contributed by atoms with van der Waals surface area (Å²) < 4.78 is 25.1. The maximum atomic E-state index is 13.6. The fourth-order valence-electron chi connectivity index (χ4n) is 2.42. The van der Waals surface area contributed by atoms with Crippen LogP contribution in [0.4, 0.5) is 10.2 Å². The Kier molecular flexibility index (Phi) is 4.90. The zero-order chi connectivity index (χ0) is 15.5. The van der Waals surface area contributed by atoms with Gasteiger partial charge in [-0.05, 0) is 47.5 Å². The van der Waals surface area contributed by atoms with Crippen LogP contribution in [0.5, 0.6) is 0 Å². The van der Waals surface area contributed by atoms with Crippen LogP contribution in [0.3, 0.4) is 0 Å². The highest BCUT2D eigenvalue weighted by Gasteiger charge is 2.17. The van der Waals surface area contributed by atoms with Crippen molar-refractivity contribution in [3.05, 3.63) is 34.6 Å². The van der Waals surface area contributed by atoms with Crippen molar-refractivity contribution in [1.29, 1.82) is 0 Å². The maximum Gasteiger partial charge on any atom is 0.139 e. The van der Waals surface area contributed by atoms with Crippen LogP contribution in [0, 0.1) is 5.82 Å². The molecule has 0 saturated carbocycles. The third-order valence-electron chi connectivity index (χ3n) is 3.60. The number of rotatable bonds is 5. The minimum absolute atomic E-state index is 0.117. The number of halogens is 2. The normalized spacial score (nSPS) is 19.5. The molecule has 1 saturated heterocycles. The molecular formula is C16H18BrFN2O2. The van der Waals surface area contributed by atoms with E-state index < -0.39 is 0 Å². The fraction of sp³-hybridized carbons (Fsp3) is 0.438. The molecule has 4 nitrogen and oxygen atoms in total. The van der Waals surface area contributed by atoms with E-state index in [0.29, 0.717) is 29.0 Å². The summed E-state index contributed by atoms with van der Waals surface area (Å²) in [5.41, 5.74) is 0.628. The number of aromatic nitrogens is 1. The van der Waals surface area contributed by atoms with Gasteiger partial charge in [0.25, 0.3) is 0 Å². The van der Waals surface area contributed by atoms with Gasteiger partial charge >= 0.3 is 0 Å². The first-order valence-corrected chi connectivity index (χ1v) is 8.13. The smallest absolute Gasteiger partial charge is 0.139 e. The summed E-state index contributed by atoms with van der Waals surface area (Å²) in [6.45, 7) is 4.07. The largest absolute Gasteiger partial charge is 0.379 e. The number of pyridine rings is 1. The van der Waals surface area contributed by atoms with Crippen LogP contribution >= 0.6 is 15.9 Å². The van der Waals surface area contributed by atoms with Gasteiger partial charge in [0.1, 0.15) is 11.6 Å². The molecule has 1 aliphatic rings. The van der Waals surface area contributed by atoms with Crippen LogP contribution in [0.1, 0.15) is 13.3 Å². The molecule has 1 aromatic carbocycles. The molecule has 3 rings (SSSR count). The molecule has 0 amide bonds. The van der Waals surface area contributed by atoms with E-state index in [1.807, 2.05) is 19.1 Å². The third-order valence-corrected chi connectivity index (χ3v) is 4.20. The summed E-state index contributed by atoms with van der Waals surface area (Å²) in [6.07, 6.45) is 1.15. The van der Waals surface area contributed by atoms with E-state index in [4.69, 9.17) is 9.47 Å². The van der Waals surface area contributed by atoms with E-state index >= 15 is 0 Å². The highest BCUT2D eigenvalue weighted by atomic mass is 79.9. The number of hydrogen-bond acceptors (Lipinski definition) is 4. The van der Waals surface area contributed by atoms with Crippen LogP contribution in [-0.4, -0.2) is 37.0 Å². The van der Waals surface area contributed by atoms with Crippen LogP contribution in [0.15, 0.2) is 28.7 Å². The summed E-state index contributed by atoms with van der Waals surface area (Å²) in [6, 6.07) is 7.09. The predicted molar refractivity (Wildman–Crippen MR) is 87.7 cm³/mol. The Morgan fingerprint density at radius 3 is 3.14 bits per heavy atom. The van der Waals surface area contributed by atoms with Crippen molar-refractivity contribution in [2.75, 3.05) is 25.1 Å². The van der Waals surface area contributed by atoms with Gasteiger partial charge in [-0.15, -0.1) is 0 Å². The molecule has 1 aliphatic heterocycles. The number of benzene rings is 1. The first-order valence-electron chi connectivity index (χ1n) is 7.33. The third kappa shape index (κ3) is 3.74. The van der Waals surface area contributed by atoms with E-state index in [1.165, 1.54) is 6.07 Å². The summed E-state index contributed by atoms with van der Waals surface area (Å²) in [5, 5.41) is 4.18. The number of fused-ring (bicyclic) bond motifs is 1. The van der Waals surface area contributed by atoms with Gasteiger partial charge in [0.15, 0.2) is 0 Å². The molecule has 0 spiro atoms. The first-order chi connectivity index (χ1) is 10.6. The van der Waals surface area contributed by atoms with Gasteiger partial charge in [0.05, 0.1) is 29.3 Å². The second-order valence-corrected chi connectivity index (χ2v) is 6.37. The lowest BCUT2D eigenvalue weighted by Crippen LogP contribution is -2.26. The number of nitrogens with one attached hydrogen (secondary N) is 1. The topological polar surface area (TPSA) is 43.4 Å². The van der Waals surface area contributed by atoms with Gasteiger partial charge in [-0.25, -0.2) is 9.37 Å². The number of nitrogens with zero attached hydrogens (tertiary/aromatic N) is 1. The molecule has 2 unspecified atom stereocenters. The van der Waals surface area contributed by atoms with Crippen LogP contribution < -0.4 is 5.32 Å². The average Bonchev–Trinajstić information content (AvgIpc) is 3.00. The molecule has 6 heteroatoms. The summed E-state index contributed by atoms with van der Waals surface area (Å²) in [5.74, 6) is 0.405. The van der Waals surface area contributed by atoms with E-state index in [1.54, 1.807) is 6.07 Å². The van der Waals surface area contributed by atoms with E-state index in [2.05, 4.69) is 26.2 Å². The molecule has 1 N–H and O–H groups in total. The van der Waals surface area contributed by atoms with Crippen molar-refractivity contribution in [3.63, 3.8) is 0 Å². The predicted octanol–water partition coefficient (Wildman–Crippen LogP) is 3.74. The van der Waals surface area contributed by atoms with Gasteiger partial charge in [-0.1, -0.05) is 0 Å². The molecule has 2 heterocycles. The molecule has 0 bridgehead atoms. The molecule has 118 valence electrons. The van der Waals surface area contributed by atoms with Crippen LogP contribution in [0.25, 0.3) is 10.9 Å². The van der Waals surface area contributed by atoms with E-state index in [9.17, 15) is 4.39 Å². The summed E-state index contributed by atoms with van der Waals surface area (Å²) >= 11 is 3.18. The molecular weight excluding hydrogens is 351 g/mol. The Morgan fingerprint density at radius 2 is 2.36 bits per heavy atom. The monoisotopic (exact) mass is 368 g/mol. The summed E-state index contributed by atoms with van der Waals surface area (Å²) in [4.78, 5) is 4.44. The molecule has 0 radical (unpaired) electrons. The van der Waals surface area contributed by atoms with E-state index in [0.717, 1.165) is 18.4 Å². The Bertz CT molecular complexity index is 662. The van der Waals surface area contributed by atoms with Crippen molar-refractivity contribution < 1.29 is 13.9 Å². The zero-order valence-electron chi connectivity index (χ0n) is 12.3. The van der Waals surface area contributed by atoms with Gasteiger partial charge in [-0.2, -0.15) is 0 Å². The number of hydrogen-bond donors (Lipinski definition) is 1. The van der Waals surface area contributed by atoms with Gasteiger partial charge < -0.3 is 14.8 Å².